The lowest BCUT2D eigenvalue weighted by Crippen LogP contribution is -2.08. The highest BCUT2D eigenvalue weighted by Crippen LogP contribution is 2.38. The van der Waals surface area contributed by atoms with Crippen molar-refractivity contribution < 1.29 is 19.7 Å². The third-order valence-electron chi connectivity index (χ3n) is 4.53. The highest BCUT2D eigenvalue weighted by atomic mass is 16.7. The molecular weight excluding hydrogens is 316 g/mol. The first-order valence-corrected chi connectivity index (χ1v) is 8.94. The molecule has 1 aliphatic heterocycles. The van der Waals surface area contributed by atoms with Gasteiger partial charge in [-0.2, -0.15) is 0 Å². The predicted molar refractivity (Wildman–Crippen MR) is 97.0 cm³/mol. The normalized spacial score (nSPS) is 17.6. The standard InChI is InChI=1S/C21H26O4/c1-15(22)7-5-12-19(23)17-10-6-11-18(21-24-13-14-25-21)20(17)16-8-3-2-4-9-16/h2-4,6,8-11,15,19,21-23H,5,7,12-14H2,1H3. The van der Waals surface area contributed by atoms with Crippen molar-refractivity contribution in [3.05, 3.63) is 59.7 Å². The Morgan fingerprint density at radius 1 is 0.960 bits per heavy atom. The van der Waals surface area contributed by atoms with Crippen LogP contribution in [0.2, 0.25) is 0 Å². The Morgan fingerprint density at radius 3 is 2.36 bits per heavy atom. The average molecular weight is 342 g/mol. The van der Waals surface area contributed by atoms with E-state index in [1.165, 1.54) is 0 Å². The molecule has 134 valence electrons. The lowest BCUT2D eigenvalue weighted by atomic mass is 9.89. The van der Waals surface area contributed by atoms with Crippen molar-refractivity contribution in [1.29, 1.82) is 0 Å². The molecule has 0 radical (unpaired) electrons. The summed E-state index contributed by atoms with van der Waals surface area (Å²) in [5.41, 5.74) is 3.87. The van der Waals surface area contributed by atoms with Crippen LogP contribution in [0, 0.1) is 0 Å². The molecule has 0 aromatic heterocycles. The lowest BCUT2D eigenvalue weighted by Gasteiger charge is -2.22. The number of hydrogen-bond acceptors (Lipinski definition) is 4. The number of hydrogen-bond donors (Lipinski definition) is 2. The number of ether oxygens (including phenoxy) is 2. The summed E-state index contributed by atoms with van der Waals surface area (Å²) in [4.78, 5) is 0. The summed E-state index contributed by atoms with van der Waals surface area (Å²) in [5.74, 6) is 0. The first kappa shape index (κ1) is 18.1. The van der Waals surface area contributed by atoms with Crippen molar-refractivity contribution in [2.75, 3.05) is 13.2 Å². The van der Waals surface area contributed by atoms with Gasteiger partial charge in [0.25, 0.3) is 0 Å². The molecule has 0 aliphatic carbocycles. The van der Waals surface area contributed by atoms with Crippen LogP contribution in [0.5, 0.6) is 0 Å². The second kappa shape index (κ2) is 8.59. The van der Waals surface area contributed by atoms with Gasteiger partial charge in [-0.3, -0.25) is 0 Å². The van der Waals surface area contributed by atoms with Gasteiger partial charge in [0.15, 0.2) is 6.29 Å². The van der Waals surface area contributed by atoms with Gasteiger partial charge in [0.2, 0.25) is 0 Å². The predicted octanol–water partition coefficient (Wildman–Crippen LogP) is 3.98. The van der Waals surface area contributed by atoms with Crippen LogP contribution in [-0.2, 0) is 9.47 Å². The maximum absolute atomic E-state index is 10.8. The van der Waals surface area contributed by atoms with Crippen LogP contribution in [0.15, 0.2) is 48.5 Å². The van der Waals surface area contributed by atoms with E-state index in [9.17, 15) is 10.2 Å². The minimum Gasteiger partial charge on any atom is -0.393 e. The second-order valence-corrected chi connectivity index (χ2v) is 6.55. The zero-order chi connectivity index (χ0) is 17.6. The summed E-state index contributed by atoms with van der Waals surface area (Å²) >= 11 is 0. The number of rotatable bonds is 7. The molecule has 2 N–H and O–H groups in total. The fraction of sp³-hybridized carbons (Fsp3) is 0.429. The maximum atomic E-state index is 10.8. The molecule has 2 atom stereocenters. The Morgan fingerprint density at radius 2 is 1.68 bits per heavy atom. The van der Waals surface area contributed by atoms with Gasteiger partial charge in [0, 0.05) is 5.56 Å². The summed E-state index contributed by atoms with van der Waals surface area (Å²) in [7, 11) is 0. The van der Waals surface area contributed by atoms with Crippen molar-refractivity contribution in [3.8, 4) is 11.1 Å². The summed E-state index contributed by atoms with van der Waals surface area (Å²) in [6.07, 6.45) is 0.753. The SMILES string of the molecule is CC(O)CCCC(O)c1cccc(C2OCCO2)c1-c1ccccc1. The summed E-state index contributed by atoms with van der Waals surface area (Å²) in [6, 6.07) is 16.0. The highest BCUT2D eigenvalue weighted by Gasteiger charge is 2.25. The largest absolute Gasteiger partial charge is 0.393 e. The zero-order valence-corrected chi connectivity index (χ0v) is 14.6. The van der Waals surface area contributed by atoms with Crippen LogP contribution < -0.4 is 0 Å². The van der Waals surface area contributed by atoms with Crippen molar-refractivity contribution in [2.45, 2.75) is 44.7 Å². The quantitative estimate of drug-likeness (QED) is 0.799. The molecular formula is C21H26O4. The molecule has 4 nitrogen and oxygen atoms in total. The van der Waals surface area contributed by atoms with E-state index < -0.39 is 6.10 Å². The molecule has 1 aliphatic rings. The summed E-state index contributed by atoms with van der Waals surface area (Å²) in [6.45, 7) is 2.94. The number of aliphatic hydroxyl groups excluding tert-OH is 2. The summed E-state index contributed by atoms with van der Waals surface area (Å²) < 4.78 is 11.4. The van der Waals surface area contributed by atoms with E-state index in [4.69, 9.17) is 9.47 Å². The highest BCUT2D eigenvalue weighted by molar-refractivity contribution is 5.72. The fourth-order valence-corrected chi connectivity index (χ4v) is 3.30. The van der Waals surface area contributed by atoms with Gasteiger partial charge in [0.05, 0.1) is 25.4 Å². The zero-order valence-electron chi connectivity index (χ0n) is 14.6. The second-order valence-electron chi connectivity index (χ2n) is 6.55. The van der Waals surface area contributed by atoms with Crippen LogP contribution in [0.25, 0.3) is 11.1 Å². The van der Waals surface area contributed by atoms with Gasteiger partial charge in [-0.15, -0.1) is 0 Å². The smallest absolute Gasteiger partial charge is 0.184 e. The molecule has 1 heterocycles. The number of aliphatic hydroxyl groups is 2. The molecule has 2 aromatic rings. The van der Waals surface area contributed by atoms with Crippen molar-refractivity contribution >= 4 is 0 Å². The van der Waals surface area contributed by atoms with Gasteiger partial charge in [-0.25, -0.2) is 0 Å². The Labute approximate surface area is 149 Å². The minimum atomic E-state index is -0.588. The van der Waals surface area contributed by atoms with E-state index in [1.54, 1.807) is 6.92 Å². The molecule has 0 bridgehead atoms. The van der Waals surface area contributed by atoms with Crippen LogP contribution >= 0.6 is 0 Å². The Balaban J connectivity index is 1.95. The Bertz CT molecular complexity index is 663. The van der Waals surface area contributed by atoms with E-state index >= 15 is 0 Å². The third kappa shape index (κ3) is 4.47. The molecule has 25 heavy (non-hydrogen) atoms. The number of benzene rings is 2. The van der Waals surface area contributed by atoms with E-state index in [2.05, 4.69) is 0 Å². The van der Waals surface area contributed by atoms with Crippen LogP contribution in [0.4, 0.5) is 0 Å². The van der Waals surface area contributed by atoms with Gasteiger partial charge >= 0.3 is 0 Å². The Hall–Kier alpha value is -1.72. The molecule has 0 spiro atoms. The third-order valence-corrected chi connectivity index (χ3v) is 4.53. The molecule has 3 rings (SSSR count). The topological polar surface area (TPSA) is 58.9 Å². The van der Waals surface area contributed by atoms with Crippen molar-refractivity contribution in [3.63, 3.8) is 0 Å². The van der Waals surface area contributed by atoms with Gasteiger partial charge in [0.1, 0.15) is 0 Å². The molecule has 2 aromatic carbocycles. The molecule has 0 amide bonds. The minimum absolute atomic E-state index is 0.340. The van der Waals surface area contributed by atoms with Crippen molar-refractivity contribution in [2.24, 2.45) is 0 Å². The average Bonchev–Trinajstić information content (AvgIpc) is 3.16. The van der Waals surface area contributed by atoms with Gasteiger partial charge in [-0.1, -0.05) is 48.5 Å². The van der Waals surface area contributed by atoms with Gasteiger partial charge in [-0.05, 0) is 42.9 Å². The molecule has 1 saturated heterocycles. The maximum Gasteiger partial charge on any atom is 0.184 e. The van der Waals surface area contributed by atoms with Crippen LogP contribution in [0.3, 0.4) is 0 Å². The van der Waals surface area contributed by atoms with Crippen molar-refractivity contribution in [1.82, 2.24) is 0 Å². The van der Waals surface area contributed by atoms with Crippen LogP contribution in [0.1, 0.15) is 49.7 Å². The molecule has 2 unspecified atom stereocenters. The molecule has 0 saturated carbocycles. The fourth-order valence-electron chi connectivity index (χ4n) is 3.30. The lowest BCUT2D eigenvalue weighted by molar-refractivity contribution is -0.0438. The monoisotopic (exact) mass is 342 g/mol. The first-order chi connectivity index (χ1) is 12.2. The molecule has 4 heteroatoms. The van der Waals surface area contributed by atoms with E-state index in [0.29, 0.717) is 26.1 Å². The first-order valence-electron chi connectivity index (χ1n) is 8.94. The summed E-state index contributed by atoms with van der Waals surface area (Å²) in [5, 5.41) is 20.2. The Kier molecular flexibility index (Phi) is 6.21. The van der Waals surface area contributed by atoms with E-state index in [1.807, 2.05) is 48.5 Å². The molecule has 1 fully saturated rings. The van der Waals surface area contributed by atoms with Gasteiger partial charge < -0.3 is 19.7 Å². The van der Waals surface area contributed by atoms with E-state index in [-0.39, 0.29) is 12.4 Å². The van der Waals surface area contributed by atoms with E-state index in [0.717, 1.165) is 28.7 Å². The van der Waals surface area contributed by atoms with Crippen LogP contribution in [-0.4, -0.2) is 29.5 Å².